The van der Waals surface area contributed by atoms with Gasteiger partial charge in [-0.15, -0.1) is 0 Å². The summed E-state index contributed by atoms with van der Waals surface area (Å²) in [5.74, 6) is -0.650. The molecular weight excluding hydrogens is 425 g/mol. The van der Waals surface area contributed by atoms with Gasteiger partial charge in [-0.3, -0.25) is 4.79 Å². The minimum absolute atomic E-state index is 0.0158. The number of carbonyl (C=O) groups excluding carboxylic acids is 1. The molecule has 1 saturated heterocycles. The van der Waals surface area contributed by atoms with E-state index in [0.717, 1.165) is 32.1 Å². The highest BCUT2D eigenvalue weighted by atomic mass is 79.9. The van der Waals surface area contributed by atoms with Gasteiger partial charge in [-0.1, -0.05) is 35.2 Å². The van der Waals surface area contributed by atoms with Gasteiger partial charge in [-0.25, -0.2) is 12.8 Å². The van der Waals surface area contributed by atoms with E-state index in [2.05, 4.69) is 15.9 Å². The van der Waals surface area contributed by atoms with Crippen LogP contribution in [-0.4, -0.2) is 49.4 Å². The van der Waals surface area contributed by atoms with Crippen LogP contribution in [0.15, 0.2) is 22.7 Å². The molecule has 1 aliphatic heterocycles. The molecule has 0 radical (unpaired) electrons. The molecule has 5 nitrogen and oxygen atoms in total. The molecule has 1 atom stereocenters. The van der Waals surface area contributed by atoms with E-state index < -0.39 is 15.7 Å². The Morgan fingerprint density at radius 1 is 1.19 bits per heavy atom. The Morgan fingerprint density at radius 3 is 2.54 bits per heavy atom. The molecule has 2 aliphatic rings. The zero-order valence-electron chi connectivity index (χ0n) is 14.5. The summed E-state index contributed by atoms with van der Waals surface area (Å²) in [5.41, 5.74) is 0. The van der Waals surface area contributed by atoms with Crippen molar-refractivity contribution in [1.82, 2.24) is 4.90 Å². The molecule has 0 bridgehead atoms. The number of ether oxygens (including phenoxy) is 1. The average Bonchev–Trinajstić information content (AvgIpc) is 2.95. The third-order valence-electron chi connectivity index (χ3n) is 5.10. The van der Waals surface area contributed by atoms with Crippen LogP contribution >= 0.6 is 15.9 Å². The van der Waals surface area contributed by atoms with Crippen molar-refractivity contribution in [2.24, 2.45) is 0 Å². The fourth-order valence-corrected chi connectivity index (χ4v) is 5.91. The number of rotatable bonds is 5. The van der Waals surface area contributed by atoms with Gasteiger partial charge in [0.15, 0.2) is 28.0 Å². The lowest BCUT2D eigenvalue weighted by atomic mass is 9.93. The molecule has 2 fully saturated rings. The summed E-state index contributed by atoms with van der Waals surface area (Å²) < 4.78 is 43.7. The Hall–Kier alpha value is -1.15. The third kappa shape index (κ3) is 4.76. The number of nitrogens with zero attached hydrogens (tertiary/aromatic N) is 1. The van der Waals surface area contributed by atoms with Crippen LogP contribution in [0.1, 0.15) is 38.5 Å². The molecule has 1 aromatic carbocycles. The monoisotopic (exact) mass is 447 g/mol. The van der Waals surface area contributed by atoms with Crippen LogP contribution in [0.5, 0.6) is 5.75 Å². The average molecular weight is 448 g/mol. The fraction of sp³-hybridized carbons (Fsp3) is 0.611. The van der Waals surface area contributed by atoms with Crippen molar-refractivity contribution in [3.8, 4) is 5.75 Å². The smallest absolute Gasteiger partial charge is 0.261 e. The molecule has 0 N–H and O–H groups in total. The van der Waals surface area contributed by atoms with Crippen molar-refractivity contribution in [2.75, 3.05) is 18.1 Å². The van der Waals surface area contributed by atoms with E-state index in [1.54, 1.807) is 11.0 Å². The van der Waals surface area contributed by atoms with Crippen molar-refractivity contribution in [2.45, 2.75) is 50.6 Å². The summed E-state index contributed by atoms with van der Waals surface area (Å²) in [4.78, 5) is 14.6. The third-order valence-corrected chi connectivity index (χ3v) is 7.35. The number of carbonyl (C=O) groups is 1. The molecule has 1 saturated carbocycles. The quantitative estimate of drug-likeness (QED) is 0.694. The maximum Gasteiger partial charge on any atom is 0.261 e. The molecule has 3 rings (SSSR count). The number of benzene rings is 1. The summed E-state index contributed by atoms with van der Waals surface area (Å²) in [6.45, 7) is -0.286. The Kier molecular flexibility index (Phi) is 6.22. The van der Waals surface area contributed by atoms with Crippen molar-refractivity contribution in [3.05, 3.63) is 28.5 Å². The van der Waals surface area contributed by atoms with Gasteiger partial charge >= 0.3 is 0 Å². The van der Waals surface area contributed by atoms with E-state index in [-0.39, 0.29) is 41.9 Å². The van der Waals surface area contributed by atoms with E-state index in [1.807, 2.05) is 0 Å². The minimum Gasteiger partial charge on any atom is -0.481 e. The van der Waals surface area contributed by atoms with E-state index in [4.69, 9.17) is 4.74 Å². The predicted molar refractivity (Wildman–Crippen MR) is 100 cm³/mol. The Bertz CT molecular complexity index is 764. The van der Waals surface area contributed by atoms with Crippen LogP contribution in [0.25, 0.3) is 0 Å². The van der Waals surface area contributed by atoms with E-state index >= 15 is 0 Å². The van der Waals surface area contributed by atoms with Crippen LogP contribution in [-0.2, 0) is 14.6 Å². The first-order valence-electron chi connectivity index (χ1n) is 8.95. The molecule has 8 heteroatoms. The normalized spacial score (nSPS) is 22.9. The highest BCUT2D eigenvalue weighted by molar-refractivity contribution is 9.10. The maximum atomic E-state index is 13.9. The summed E-state index contributed by atoms with van der Waals surface area (Å²) in [6, 6.07) is 4.15. The molecule has 144 valence electrons. The van der Waals surface area contributed by atoms with Crippen molar-refractivity contribution in [3.63, 3.8) is 0 Å². The maximum absolute atomic E-state index is 13.9. The summed E-state index contributed by atoms with van der Waals surface area (Å²) in [7, 11) is -3.09. The lowest BCUT2D eigenvalue weighted by Gasteiger charge is -2.38. The number of hydrogen-bond acceptors (Lipinski definition) is 4. The molecule has 1 amide bonds. The van der Waals surface area contributed by atoms with Crippen LogP contribution in [0.2, 0.25) is 0 Å². The van der Waals surface area contributed by atoms with E-state index in [0.29, 0.717) is 10.9 Å². The second-order valence-electron chi connectivity index (χ2n) is 7.01. The molecule has 0 spiro atoms. The molecule has 26 heavy (non-hydrogen) atoms. The Morgan fingerprint density at radius 2 is 1.92 bits per heavy atom. The molecular formula is C18H23BrFNO4S. The topological polar surface area (TPSA) is 63.7 Å². The second kappa shape index (κ2) is 8.25. The molecule has 1 unspecified atom stereocenters. The highest BCUT2D eigenvalue weighted by Gasteiger charge is 2.38. The zero-order chi connectivity index (χ0) is 18.7. The number of hydrogen-bond donors (Lipinski definition) is 0. The largest absolute Gasteiger partial charge is 0.481 e. The summed E-state index contributed by atoms with van der Waals surface area (Å²) in [6.07, 6.45) is 5.45. The lowest BCUT2D eigenvalue weighted by Crippen LogP contribution is -2.50. The van der Waals surface area contributed by atoms with E-state index in [9.17, 15) is 17.6 Å². The Balaban J connectivity index is 1.71. The van der Waals surface area contributed by atoms with Crippen LogP contribution in [0, 0.1) is 5.82 Å². The number of amides is 1. The molecule has 0 aromatic heterocycles. The first-order valence-corrected chi connectivity index (χ1v) is 11.6. The lowest BCUT2D eigenvalue weighted by molar-refractivity contribution is -0.138. The second-order valence-corrected chi connectivity index (χ2v) is 10.2. The van der Waals surface area contributed by atoms with E-state index in [1.165, 1.54) is 12.1 Å². The van der Waals surface area contributed by atoms with Gasteiger partial charge in [0.1, 0.15) is 0 Å². The van der Waals surface area contributed by atoms with Crippen LogP contribution in [0.3, 0.4) is 0 Å². The van der Waals surface area contributed by atoms with Gasteiger partial charge in [0, 0.05) is 16.6 Å². The van der Waals surface area contributed by atoms with Crippen LogP contribution in [0.4, 0.5) is 4.39 Å². The minimum atomic E-state index is -3.09. The highest BCUT2D eigenvalue weighted by Crippen LogP contribution is 2.29. The van der Waals surface area contributed by atoms with Crippen molar-refractivity contribution in [1.29, 1.82) is 0 Å². The standard InChI is InChI=1S/C18H23BrFNO4S/c19-13-6-7-17(16(20)10-13)25-11-18(22)21(14-4-2-1-3-5-14)15-8-9-26(23,24)12-15/h6-7,10,14-15H,1-5,8-9,11-12H2. The number of halogens is 2. The van der Waals surface area contributed by atoms with Crippen molar-refractivity contribution >= 4 is 31.7 Å². The summed E-state index contributed by atoms with van der Waals surface area (Å²) >= 11 is 3.18. The van der Waals surface area contributed by atoms with Crippen molar-refractivity contribution < 1.29 is 22.3 Å². The Labute approximate surface area is 161 Å². The molecule has 1 aliphatic carbocycles. The first kappa shape index (κ1) is 19.6. The van der Waals surface area contributed by atoms with Gasteiger partial charge in [0.25, 0.3) is 5.91 Å². The summed E-state index contributed by atoms with van der Waals surface area (Å²) in [5, 5.41) is 0. The van der Waals surface area contributed by atoms with Gasteiger partial charge in [-0.2, -0.15) is 0 Å². The SMILES string of the molecule is O=C(COc1ccc(Br)cc1F)N(C1CCCCC1)C1CCS(=O)(=O)C1. The number of sulfone groups is 1. The first-order chi connectivity index (χ1) is 12.4. The van der Waals surface area contributed by atoms with Gasteiger partial charge in [-0.05, 0) is 37.5 Å². The molecule has 1 heterocycles. The van der Waals surface area contributed by atoms with Gasteiger partial charge in [0.05, 0.1) is 11.5 Å². The fourth-order valence-electron chi connectivity index (χ4n) is 3.87. The predicted octanol–water partition coefficient (Wildman–Crippen LogP) is 3.32. The molecule has 1 aromatic rings. The zero-order valence-corrected chi connectivity index (χ0v) is 16.9. The van der Waals surface area contributed by atoms with Gasteiger partial charge in [0.2, 0.25) is 0 Å². The van der Waals surface area contributed by atoms with Crippen LogP contribution < -0.4 is 4.74 Å². The van der Waals surface area contributed by atoms with Gasteiger partial charge < -0.3 is 9.64 Å².